The molecule has 0 radical (unpaired) electrons. The summed E-state index contributed by atoms with van der Waals surface area (Å²) in [4.78, 5) is 8.27. The fourth-order valence-electron chi connectivity index (χ4n) is 3.93. The molecule has 5 rings (SSSR count). The quantitative estimate of drug-likeness (QED) is 0.420. The molecule has 0 unspecified atom stereocenters. The third-order valence-electron chi connectivity index (χ3n) is 5.70. The minimum atomic E-state index is -3.76. The molecular formula is C23H25N5O3S2. The Morgan fingerprint density at radius 2 is 1.88 bits per heavy atom. The Kier molecular flexibility index (Phi) is 6.07. The van der Waals surface area contributed by atoms with Crippen molar-refractivity contribution in [3.8, 4) is 17.0 Å². The summed E-state index contributed by atoms with van der Waals surface area (Å²) in [6.07, 6.45) is 1.99. The fourth-order valence-corrected chi connectivity index (χ4v) is 5.87. The molecule has 1 aliphatic rings. The average molecular weight is 484 g/mol. The average Bonchev–Trinajstić information content (AvgIpc) is 3.42. The lowest BCUT2D eigenvalue weighted by molar-refractivity contribution is 0.230. The lowest BCUT2D eigenvalue weighted by Crippen LogP contribution is -2.43. The number of piperazine rings is 1. The number of anilines is 1. The molecule has 0 amide bonds. The molecule has 1 fully saturated rings. The molecule has 0 bridgehead atoms. The van der Waals surface area contributed by atoms with E-state index in [9.17, 15) is 8.42 Å². The van der Waals surface area contributed by atoms with Crippen molar-refractivity contribution < 1.29 is 13.2 Å². The predicted molar refractivity (Wildman–Crippen MR) is 130 cm³/mol. The Morgan fingerprint density at radius 1 is 1.12 bits per heavy atom. The van der Waals surface area contributed by atoms with Crippen LogP contribution >= 0.6 is 11.3 Å². The van der Waals surface area contributed by atoms with E-state index in [1.807, 2.05) is 24.4 Å². The van der Waals surface area contributed by atoms with E-state index >= 15 is 0 Å². The molecule has 33 heavy (non-hydrogen) atoms. The molecule has 2 aromatic carbocycles. The van der Waals surface area contributed by atoms with E-state index < -0.39 is 10.0 Å². The van der Waals surface area contributed by atoms with Crippen LogP contribution < -0.4 is 14.8 Å². The van der Waals surface area contributed by atoms with Crippen LogP contribution in [0, 0.1) is 0 Å². The number of hydrogen-bond donors (Lipinski definition) is 2. The molecule has 8 nitrogen and oxygen atoms in total. The van der Waals surface area contributed by atoms with Crippen molar-refractivity contribution in [1.29, 1.82) is 0 Å². The molecule has 4 aromatic rings. The third-order valence-corrected chi connectivity index (χ3v) is 7.97. The summed E-state index contributed by atoms with van der Waals surface area (Å²) < 4.78 is 36.0. The normalized spacial score (nSPS) is 15.1. The van der Waals surface area contributed by atoms with Crippen LogP contribution in [0.25, 0.3) is 16.2 Å². The first-order valence-electron chi connectivity index (χ1n) is 10.7. The van der Waals surface area contributed by atoms with Crippen molar-refractivity contribution in [2.75, 3.05) is 38.0 Å². The molecule has 0 aliphatic carbocycles. The Bertz CT molecular complexity index is 1360. The van der Waals surface area contributed by atoms with Crippen LogP contribution in [0.4, 0.5) is 5.69 Å². The van der Waals surface area contributed by atoms with Gasteiger partial charge in [-0.05, 0) is 30.3 Å². The van der Waals surface area contributed by atoms with Crippen LogP contribution in [0.2, 0.25) is 0 Å². The zero-order valence-electron chi connectivity index (χ0n) is 18.2. The van der Waals surface area contributed by atoms with Crippen molar-refractivity contribution in [3.05, 3.63) is 65.8 Å². The van der Waals surface area contributed by atoms with Gasteiger partial charge in [0.05, 0.1) is 23.4 Å². The number of fused-ring (bicyclic) bond motifs is 1. The monoisotopic (exact) mass is 483 g/mol. The highest BCUT2D eigenvalue weighted by Crippen LogP contribution is 2.31. The van der Waals surface area contributed by atoms with Gasteiger partial charge in [-0.15, -0.1) is 11.3 Å². The van der Waals surface area contributed by atoms with Gasteiger partial charge in [0, 0.05) is 55.6 Å². The number of hydrogen-bond acceptors (Lipinski definition) is 7. The molecule has 2 aromatic heterocycles. The number of para-hydroxylation sites is 1. The van der Waals surface area contributed by atoms with Gasteiger partial charge in [-0.1, -0.05) is 18.2 Å². The van der Waals surface area contributed by atoms with Gasteiger partial charge in [0.25, 0.3) is 10.0 Å². The summed E-state index contributed by atoms with van der Waals surface area (Å²) in [5, 5.41) is 5.52. The number of sulfonamides is 1. The molecule has 0 spiro atoms. The van der Waals surface area contributed by atoms with Gasteiger partial charge < -0.3 is 10.1 Å². The van der Waals surface area contributed by atoms with Gasteiger partial charge >= 0.3 is 0 Å². The zero-order valence-corrected chi connectivity index (χ0v) is 19.8. The number of methoxy groups -OCH3 is 1. The largest absolute Gasteiger partial charge is 0.497 e. The van der Waals surface area contributed by atoms with Crippen molar-refractivity contribution in [1.82, 2.24) is 19.6 Å². The van der Waals surface area contributed by atoms with Crippen molar-refractivity contribution in [3.63, 3.8) is 0 Å². The minimum Gasteiger partial charge on any atom is -0.497 e. The molecule has 172 valence electrons. The van der Waals surface area contributed by atoms with Crippen LogP contribution in [0.5, 0.6) is 5.75 Å². The first-order valence-corrected chi connectivity index (χ1v) is 13.0. The molecule has 10 heteroatoms. The molecular weight excluding hydrogens is 458 g/mol. The number of thiazole rings is 1. The number of ether oxygens (including phenoxy) is 1. The van der Waals surface area contributed by atoms with Gasteiger partial charge in [-0.25, -0.2) is 13.4 Å². The molecule has 0 atom stereocenters. The van der Waals surface area contributed by atoms with E-state index in [2.05, 4.69) is 24.7 Å². The number of aromatic nitrogens is 2. The number of nitrogens with one attached hydrogen (secondary N) is 2. The van der Waals surface area contributed by atoms with Crippen LogP contribution in [-0.2, 0) is 16.6 Å². The van der Waals surface area contributed by atoms with Crippen LogP contribution in [0.15, 0.2) is 65.0 Å². The van der Waals surface area contributed by atoms with E-state index in [4.69, 9.17) is 9.72 Å². The van der Waals surface area contributed by atoms with Gasteiger partial charge in [-0.3, -0.25) is 14.0 Å². The maximum absolute atomic E-state index is 13.0. The number of benzene rings is 2. The standard InChI is InChI=1S/C23H25N5O3S2/c1-31-18-6-8-19(9-7-18)33(29,30)26-21-5-3-2-4-20(21)22-15-28-17(16-32-23(28)25-22)14-27-12-10-24-11-13-27/h2-9,15-16,24,26H,10-14H2,1H3. The predicted octanol–water partition coefficient (Wildman–Crippen LogP) is 3.28. The van der Waals surface area contributed by atoms with E-state index in [0.717, 1.165) is 48.9 Å². The Morgan fingerprint density at radius 3 is 2.64 bits per heavy atom. The lowest BCUT2D eigenvalue weighted by Gasteiger charge is -2.26. The third kappa shape index (κ3) is 4.60. The first-order chi connectivity index (χ1) is 16.0. The van der Waals surface area contributed by atoms with Crippen molar-refractivity contribution in [2.24, 2.45) is 0 Å². The summed E-state index contributed by atoms with van der Waals surface area (Å²) in [5.74, 6) is 0.601. The lowest BCUT2D eigenvalue weighted by atomic mass is 10.1. The molecule has 1 saturated heterocycles. The summed E-state index contributed by atoms with van der Waals surface area (Å²) in [6.45, 7) is 4.92. The first kappa shape index (κ1) is 21.9. The van der Waals surface area contributed by atoms with Crippen LogP contribution in [0.1, 0.15) is 5.69 Å². The Hall–Kier alpha value is -2.92. The second-order valence-corrected chi connectivity index (χ2v) is 10.4. The summed E-state index contributed by atoms with van der Waals surface area (Å²) in [5.41, 5.74) is 3.14. The molecule has 3 heterocycles. The maximum Gasteiger partial charge on any atom is 0.261 e. The second-order valence-electron chi connectivity index (χ2n) is 7.86. The van der Waals surface area contributed by atoms with Gasteiger partial charge in [0.15, 0.2) is 4.96 Å². The van der Waals surface area contributed by atoms with Crippen molar-refractivity contribution >= 4 is 32.0 Å². The molecule has 0 saturated carbocycles. The number of nitrogens with zero attached hydrogens (tertiary/aromatic N) is 3. The smallest absolute Gasteiger partial charge is 0.261 e. The Balaban J connectivity index is 1.43. The van der Waals surface area contributed by atoms with E-state index in [1.165, 1.54) is 17.8 Å². The molecule has 1 aliphatic heterocycles. The molecule has 2 N–H and O–H groups in total. The summed E-state index contributed by atoms with van der Waals surface area (Å²) in [6, 6.07) is 13.6. The highest BCUT2D eigenvalue weighted by molar-refractivity contribution is 7.92. The van der Waals surface area contributed by atoms with Crippen LogP contribution in [0.3, 0.4) is 0 Å². The van der Waals surface area contributed by atoms with E-state index in [1.54, 1.807) is 36.6 Å². The zero-order chi connectivity index (χ0) is 22.8. The fraction of sp³-hybridized carbons (Fsp3) is 0.261. The van der Waals surface area contributed by atoms with Gasteiger partial charge in [-0.2, -0.15) is 0 Å². The maximum atomic E-state index is 13.0. The van der Waals surface area contributed by atoms with Crippen molar-refractivity contribution in [2.45, 2.75) is 11.4 Å². The number of rotatable bonds is 7. The Labute approximate surface area is 196 Å². The van der Waals surface area contributed by atoms with E-state index in [-0.39, 0.29) is 4.90 Å². The highest BCUT2D eigenvalue weighted by Gasteiger charge is 2.19. The summed E-state index contributed by atoms with van der Waals surface area (Å²) in [7, 11) is -2.22. The second kappa shape index (κ2) is 9.14. The van der Waals surface area contributed by atoms with E-state index in [0.29, 0.717) is 11.4 Å². The summed E-state index contributed by atoms with van der Waals surface area (Å²) >= 11 is 1.60. The SMILES string of the molecule is COc1ccc(S(=O)(=O)Nc2ccccc2-c2cn3c(CN4CCNCC4)csc3n2)cc1. The van der Waals surface area contributed by atoms with Gasteiger partial charge in [0.2, 0.25) is 0 Å². The number of imidazole rings is 1. The minimum absolute atomic E-state index is 0.169. The topological polar surface area (TPSA) is 88.0 Å². The van der Waals surface area contributed by atoms with Crippen LogP contribution in [-0.4, -0.2) is 56.0 Å². The highest BCUT2D eigenvalue weighted by atomic mass is 32.2. The van der Waals surface area contributed by atoms with Gasteiger partial charge in [0.1, 0.15) is 5.75 Å².